The molecule has 1 aliphatic rings. The van der Waals surface area contributed by atoms with Gasteiger partial charge in [-0.15, -0.1) is 0 Å². The summed E-state index contributed by atoms with van der Waals surface area (Å²) in [6.07, 6.45) is 6.32. The zero-order valence-corrected chi connectivity index (χ0v) is 30.6. The molecule has 0 saturated heterocycles. The fourth-order valence-corrected chi connectivity index (χ4v) is 9.42. The van der Waals surface area contributed by atoms with E-state index >= 15 is 0 Å². The van der Waals surface area contributed by atoms with Crippen LogP contribution in [0.25, 0.3) is 116 Å². The molecule has 0 N–H and O–H groups in total. The summed E-state index contributed by atoms with van der Waals surface area (Å²) in [6, 6.07) is 61.8. The molecule has 0 bridgehead atoms. The molecule has 12 rings (SSSR count). The first-order valence-corrected chi connectivity index (χ1v) is 19.5. The Morgan fingerprint density at radius 3 is 1.77 bits per heavy atom. The fraction of sp³-hybridized carbons (Fsp3) is 0.0370. The van der Waals surface area contributed by atoms with Gasteiger partial charge < -0.3 is 8.83 Å². The van der Waals surface area contributed by atoms with Gasteiger partial charge >= 0.3 is 0 Å². The van der Waals surface area contributed by atoms with E-state index in [4.69, 9.17) is 8.83 Å². The minimum absolute atomic E-state index is 0.864. The molecule has 1 aliphatic carbocycles. The molecule has 2 nitrogen and oxygen atoms in total. The SMILES string of the molecule is C1=Cc2oc3c(cc(-c4cccc(-c5c6ccccc6c(-c6ccc(-c7cccc8ccccc78)cc6)c6ccccc56)c4)c4oc5ccccc5c43)c2CC1. The first-order chi connectivity index (χ1) is 27.8. The van der Waals surface area contributed by atoms with Gasteiger partial charge in [-0.05, 0) is 108 Å². The summed E-state index contributed by atoms with van der Waals surface area (Å²) in [4.78, 5) is 0. The predicted molar refractivity (Wildman–Crippen MR) is 235 cm³/mol. The molecule has 9 aromatic carbocycles. The number of benzene rings is 9. The van der Waals surface area contributed by atoms with Crippen molar-refractivity contribution in [2.45, 2.75) is 12.8 Å². The van der Waals surface area contributed by atoms with E-state index in [1.165, 1.54) is 76.6 Å². The molecule has 0 radical (unpaired) electrons. The molecular weight excluding hydrogens is 681 g/mol. The highest BCUT2D eigenvalue weighted by Gasteiger charge is 2.24. The molecule has 2 heteroatoms. The third kappa shape index (κ3) is 4.63. The van der Waals surface area contributed by atoms with Crippen LogP contribution in [0.5, 0.6) is 0 Å². The second kappa shape index (κ2) is 12.2. The molecular formula is C54H34O2. The summed E-state index contributed by atoms with van der Waals surface area (Å²) in [6.45, 7) is 0. The number of para-hydroxylation sites is 1. The van der Waals surface area contributed by atoms with Crippen LogP contribution in [0.1, 0.15) is 17.7 Å². The van der Waals surface area contributed by atoms with Crippen molar-refractivity contribution in [1.82, 2.24) is 0 Å². The second-order valence-electron chi connectivity index (χ2n) is 15.0. The summed E-state index contributed by atoms with van der Waals surface area (Å²) in [5.74, 6) is 0.963. The van der Waals surface area contributed by atoms with Gasteiger partial charge in [-0.1, -0.05) is 158 Å². The lowest BCUT2D eigenvalue weighted by atomic mass is 9.85. The maximum absolute atomic E-state index is 6.71. The zero-order chi connectivity index (χ0) is 36.7. The van der Waals surface area contributed by atoms with Crippen LogP contribution < -0.4 is 0 Å². The molecule has 0 atom stereocenters. The highest BCUT2D eigenvalue weighted by Crippen LogP contribution is 2.47. The van der Waals surface area contributed by atoms with E-state index in [1.807, 2.05) is 6.07 Å². The van der Waals surface area contributed by atoms with Crippen LogP contribution in [0.2, 0.25) is 0 Å². The Kier molecular flexibility index (Phi) is 6.79. The van der Waals surface area contributed by atoms with E-state index in [2.05, 4.69) is 176 Å². The summed E-state index contributed by atoms with van der Waals surface area (Å²) >= 11 is 0. The van der Waals surface area contributed by atoms with Gasteiger partial charge in [0.05, 0.1) is 5.39 Å². The normalized spacial score (nSPS) is 12.8. The number of fused-ring (bicyclic) bond motifs is 10. The Balaban J connectivity index is 1.06. The van der Waals surface area contributed by atoms with Gasteiger partial charge in [0.2, 0.25) is 0 Å². The second-order valence-corrected chi connectivity index (χ2v) is 15.0. The van der Waals surface area contributed by atoms with E-state index in [-0.39, 0.29) is 0 Å². The molecule has 0 spiro atoms. The molecule has 0 amide bonds. The molecule has 0 fully saturated rings. The molecule has 0 saturated carbocycles. The Morgan fingerprint density at radius 2 is 1.00 bits per heavy atom. The van der Waals surface area contributed by atoms with Gasteiger partial charge in [-0.2, -0.15) is 0 Å². The lowest BCUT2D eigenvalue weighted by Crippen LogP contribution is -1.92. The van der Waals surface area contributed by atoms with Crippen LogP contribution >= 0.6 is 0 Å². The van der Waals surface area contributed by atoms with Crippen molar-refractivity contribution >= 4 is 71.3 Å². The molecule has 262 valence electrons. The third-order valence-electron chi connectivity index (χ3n) is 11.9. The average molecular weight is 715 g/mol. The first-order valence-electron chi connectivity index (χ1n) is 19.5. The fourth-order valence-electron chi connectivity index (χ4n) is 9.42. The minimum Gasteiger partial charge on any atom is -0.456 e. The monoisotopic (exact) mass is 714 g/mol. The number of hydrogen-bond donors (Lipinski definition) is 0. The quantitative estimate of drug-likeness (QED) is 0.170. The summed E-state index contributed by atoms with van der Waals surface area (Å²) in [5.41, 5.74) is 13.5. The number of rotatable bonds is 4. The molecule has 2 aromatic heterocycles. The number of allylic oxidation sites excluding steroid dienone is 1. The minimum atomic E-state index is 0.864. The van der Waals surface area contributed by atoms with Crippen molar-refractivity contribution in [1.29, 1.82) is 0 Å². The Labute approximate surface area is 323 Å². The van der Waals surface area contributed by atoms with Gasteiger partial charge in [0.25, 0.3) is 0 Å². The van der Waals surface area contributed by atoms with Crippen molar-refractivity contribution in [3.8, 4) is 44.5 Å². The average Bonchev–Trinajstić information content (AvgIpc) is 3.84. The number of aryl methyl sites for hydroxylation is 1. The van der Waals surface area contributed by atoms with Crippen LogP contribution in [-0.2, 0) is 6.42 Å². The summed E-state index contributed by atoms with van der Waals surface area (Å²) < 4.78 is 13.3. The standard InChI is InChI=1S/C54H34O2/c1-2-17-38-33(13-1)14-12-24-39(38)34-27-29-35(30-28-34)50-41-19-3-5-21-43(41)51(44-22-6-4-20-42(44)50)37-16-11-15-36(31-37)46-32-47-40-18-7-9-25-48(40)55-54(47)52-45-23-8-10-26-49(45)56-53(46)52/h1-6,8-17,19-32H,7,18H2. The molecule has 0 aliphatic heterocycles. The summed E-state index contributed by atoms with van der Waals surface area (Å²) in [7, 11) is 0. The smallest absolute Gasteiger partial charge is 0.147 e. The van der Waals surface area contributed by atoms with Gasteiger partial charge in [0.1, 0.15) is 22.5 Å². The van der Waals surface area contributed by atoms with Gasteiger partial charge in [0, 0.05) is 21.9 Å². The highest BCUT2D eigenvalue weighted by molar-refractivity contribution is 6.23. The van der Waals surface area contributed by atoms with E-state index in [1.54, 1.807) is 0 Å². The molecule has 11 aromatic rings. The Hall–Kier alpha value is -7.16. The van der Waals surface area contributed by atoms with Crippen LogP contribution in [-0.4, -0.2) is 0 Å². The maximum Gasteiger partial charge on any atom is 0.147 e. The summed E-state index contributed by atoms with van der Waals surface area (Å²) in [5, 5.41) is 10.8. The lowest BCUT2D eigenvalue weighted by Gasteiger charge is -2.18. The van der Waals surface area contributed by atoms with Crippen molar-refractivity contribution in [3.05, 3.63) is 187 Å². The van der Waals surface area contributed by atoms with Crippen LogP contribution in [0.15, 0.2) is 185 Å². The van der Waals surface area contributed by atoms with Crippen molar-refractivity contribution in [2.75, 3.05) is 0 Å². The van der Waals surface area contributed by atoms with E-state index < -0.39 is 0 Å². The largest absolute Gasteiger partial charge is 0.456 e. The van der Waals surface area contributed by atoms with E-state index in [0.29, 0.717) is 0 Å². The first kappa shape index (κ1) is 31.2. The molecule has 0 unspecified atom stereocenters. The van der Waals surface area contributed by atoms with Gasteiger partial charge in [0.15, 0.2) is 0 Å². The van der Waals surface area contributed by atoms with Crippen molar-refractivity contribution < 1.29 is 8.83 Å². The number of furan rings is 2. The topological polar surface area (TPSA) is 26.3 Å². The lowest BCUT2D eigenvalue weighted by molar-refractivity contribution is 0.598. The maximum atomic E-state index is 6.71. The highest BCUT2D eigenvalue weighted by atomic mass is 16.3. The Bertz CT molecular complexity index is 3350. The Morgan fingerprint density at radius 1 is 0.393 bits per heavy atom. The van der Waals surface area contributed by atoms with Crippen LogP contribution in [0.3, 0.4) is 0 Å². The van der Waals surface area contributed by atoms with E-state index in [0.717, 1.165) is 57.3 Å². The van der Waals surface area contributed by atoms with Crippen LogP contribution in [0, 0.1) is 0 Å². The predicted octanol–water partition coefficient (Wildman–Crippen LogP) is 15.4. The van der Waals surface area contributed by atoms with Crippen LogP contribution in [0.4, 0.5) is 0 Å². The number of hydrogen-bond acceptors (Lipinski definition) is 2. The molecule has 2 heterocycles. The zero-order valence-electron chi connectivity index (χ0n) is 30.6. The van der Waals surface area contributed by atoms with Crippen molar-refractivity contribution in [2.24, 2.45) is 0 Å². The van der Waals surface area contributed by atoms with Gasteiger partial charge in [-0.25, -0.2) is 0 Å². The van der Waals surface area contributed by atoms with Crippen molar-refractivity contribution in [3.63, 3.8) is 0 Å². The van der Waals surface area contributed by atoms with Gasteiger partial charge in [-0.3, -0.25) is 0 Å². The molecule has 56 heavy (non-hydrogen) atoms. The van der Waals surface area contributed by atoms with E-state index in [9.17, 15) is 0 Å². The third-order valence-corrected chi connectivity index (χ3v) is 11.9.